The van der Waals surface area contributed by atoms with Gasteiger partial charge in [0.05, 0.1) is 18.7 Å². The fourth-order valence-electron chi connectivity index (χ4n) is 5.11. The van der Waals surface area contributed by atoms with Crippen molar-refractivity contribution >= 4 is 17.5 Å². The van der Waals surface area contributed by atoms with Crippen LogP contribution in [0.1, 0.15) is 32.1 Å². The molecule has 1 unspecified atom stereocenters. The molecule has 3 heterocycles. The van der Waals surface area contributed by atoms with E-state index in [9.17, 15) is 9.59 Å². The van der Waals surface area contributed by atoms with Crippen LogP contribution in [0.4, 0.5) is 5.69 Å². The van der Waals surface area contributed by atoms with Crippen molar-refractivity contribution in [2.45, 2.75) is 32.1 Å². The van der Waals surface area contributed by atoms with Crippen molar-refractivity contribution in [2.24, 2.45) is 11.3 Å². The molecule has 0 N–H and O–H groups in total. The lowest BCUT2D eigenvalue weighted by Crippen LogP contribution is -2.52. The summed E-state index contributed by atoms with van der Waals surface area (Å²) < 4.78 is 5.41. The molecule has 4 rings (SSSR count). The van der Waals surface area contributed by atoms with Crippen molar-refractivity contribution in [2.75, 3.05) is 51.8 Å². The van der Waals surface area contributed by atoms with Crippen LogP contribution >= 0.6 is 0 Å². The van der Waals surface area contributed by atoms with Gasteiger partial charge in [-0.2, -0.15) is 0 Å². The van der Waals surface area contributed by atoms with Gasteiger partial charge in [0.2, 0.25) is 11.8 Å². The summed E-state index contributed by atoms with van der Waals surface area (Å²) >= 11 is 0. The van der Waals surface area contributed by atoms with Crippen molar-refractivity contribution < 1.29 is 14.3 Å². The van der Waals surface area contributed by atoms with Crippen LogP contribution in [0.25, 0.3) is 0 Å². The van der Waals surface area contributed by atoms with E-state index in [0.717, 1.165) is 38.3 Å². The molecule has 3 saturated heterocycles. The third-order valence-electron chi connectivity index (χ3n) is 6.87. The first-order valence-corrected chi connectivity index (χ1v) is 10.4. The van der Waals surface area contributed by atoms with Crippen molar-refractivity contribution in [3.8, 4) is 5.75 Å². The molecule has 28 heavy (non-hydrogen) atoms. The molecule has 3 aliphatic heterocycles. The number of para-hydroxylation sites is 2. The molecule has 3 aliphatic rings. The summed E-state index contributed by atoms with van der Waals surface area (Å²) in [5.41, 5.74) is 1.04. The topological polar surface area (TPSA) is 53.1 Å². The van der Waals surface area contributed by atoms with E-state index < -0.39 is 0 Å². The molecule has 1 atom stereocenters. The summed E-state index contributed by atoms with van der Waals surface area (Å²) in [5, 5.41) is 0. The van der Waals surface area contributed by atoms with E-state index in [0.29, 0.717) is 18.7 Å². The van der Waals surface area contributed by atoms with Gasteiger partial charge in [-0.3, -0.25) is 9.59 Å². The molecule has 0 aromatic heterocycles. The van der Waals surface area contributed by atoms with Crippen LogP contribution in [0.15, 0.2) is 24.3 Å². The van der Waals surface area contributed by atoms with Gasteiger partial charge in [-0.15, -0.1) is 0 Å². The van der Waals surface area contributed by atoms with E-state index in [-0.39, 0.29) is 23.1 Å². The molecule has 1 aromatic rings. The van der Waals surface area contributed by atoms with Crippen molar-refractivity contribution in [3.05, 3.63) is 24.3 Å². The predicted octanol–water partition coefficient (Wildman–Crippen LogP) is 2.38. The number of anilines is 1. The van der Waals surface area contributed by atoms with Gasteiger partial charge >= 0.3 is 0 Å². The van der Waals surface area contributed by atoms with Crippen LogP contribution in [0.5, 0.6) is 5.75 Å². The number of rotatable bonds is 3. The average molecular weight is 386 g/mol. The first-order chi connectivity index (χ1) is 13.5. The molecule has 0 radical (unpaired) electrons. The molecule has 0 saturated carbocycles. The van der Waals surface area contributed by atoms with Gasteiger partial charge in [-0.05, 0) is 63.4 Å². The lowest BCUT2D eigenvalue weighted by atomic mass is 9.72. The van der Waals surface area contributed by atoms with Crippen molar-refractivity contribution in [3.63, 3.8) is 0 Å². The van der Waals surface area contributed by atoms with Crippen LogP contribution in [-0.4, -0.2) is 68.5 Å². The number of likely N-dealkylation sites (tertiary alicyclic amines) is 2. The second kappa shape index (κ2) is 7.74. The molecular weight excluding hydrogens is 354 g/mol. The third-order valence-corrected chi connectivity index (χ3v) is 6.87. The van der Waals surface area contributed by atoms with E-state index in [1.54, 1.807) is 12.0 Å². The third kappa shape index (κ3) is 3.62. The quantitative estimate of drug-likeness (QED) is 0.802. The Kier molecular flexibility index (Phi) is 5.32. The van der Waals surface area contributed by atoms with Gasteiger partial charge in [-0.1, -0.05) is 12.1 Å². The highest BCUT2D eigenvalue weighted by molar-refractivity contribution is 6.01. The number of amides is 2. The summed E-state index contributed by atoms with van der Waals surface area (Å²) in [5.74, 6) is 0.587. The number of methoxy groups -OCH3 is 1. The van der Waals surface area contributed by atoms with Gasteiger partial charge in [-0.25, -0.2) is 0 Å². The van der Waals surface area contributed by atoms with Crippen LogP contribution in [0.2, 0.25) is 0 Å². The highest BCUT2D eigenvalue weighted by atomic mass is 16.5. The standard InChI is InChI=1S/C22H31N3O3/c1-23-12-9-22(10-13-23)8-5-11-24(16-22)21(27)17-14-20(26)25(15-17)18-6-3-4-7-19(18)28-2/h3-4,6-7,17H,5,8-16H2,1-2H3. The minimum absolute atomic E-state index is 0.00821. The second-order valence-electron chi connectivity index (χ2n) is 8.74. The summed E-state index contributed by atoms with van der Waals surface area (Å²) in [7, 11) is 3.78. The molecule has 2 amide bonds. The smallest absolute Gasteiger partial charge is 0.228 e. The number of piperidine rings is 2. The predicted molar refractivity (Wildman–Crippen MR) is 108 cm³/mol. The molecule has 1 spiro atoms. The molecular formula is C22H31N3O3. The average Bonchev–Trinajstić information content (AvgIpc) is 3.11. The van der Waals surface area contributed by atoms with Crippen LogP contribution < -0.4 is 9.64 Å². The maximum Gasteiger partial charge on any atom is 0.228 e. The Morgan fingerprint density at radius 2 is 1.89 bits per heavy atom. The molecule has 3 fully saturated rings. The SMILES string of the molecule is COc1ccccc1N1CC(C(=O)N2CCCC3(CCN(C)CC3)C2)CC1=O. The minimum atomic E-state index is -0.251. The van der Waals surface area contributed by atoms with Gasteiger partial charge in [0.15, 0.2) is 0 Å². The molecule has 1 aromatic carbocycles. The lowest BCUT2D eigenvalue weighted by Gasteiger charge is -2.47. The molecule has 6 nitrogen and oxygen atoms in total. The van der Waals surface area contributed by atoms with Gasteiger partial charge in [0.25, 0.3) is 0 Å². The Hall–Kier alpha value is -2.08. The lowest BCUT2D eigenvalue weighted by molar-refractivity contribution is -0.140. The Labute approximate surface area is 167 Å². The second-order valence-corrected chi connectivity index (χ2v) is 8.74. The fraction of sp³-hybridized carbons (Fsp3) is 0.636. The zero-order chi connectivity index (χ0) is 19.7. The summed E-state index contributed by atoms with van der Waals surface area (Å²) in [6.45, 7) is 4.37. The Balaban J connectivity index is 1.45. The van der Waals surface area contributed by atoms with E-state index >= 15 is 0 Å². The van der Waals surface area contributed by atoms with Crippen molar-refractivity contribution in [1.29, 1.82) is 0 Å². The molecule has 0 bridgehead atoms. The van der Waals surface area contributed by atoms with Gasteiger partial charge < -0.3 is 19.4 Å². The maximum absolute atomic E-state index is 13.3. The van der Waals surface area contributed by atoms with Gasteiger partial charge in [0, 0.05) is 26.1 Å². The maximum atomic E-state index is 13.3. The highest BCUT2D eigenvalue weighted by Crippen LogP contribution is 2.40. The number of carbonyl (C=O) groups is 2. The summed E-state index contributed by atoms with van der Waals surface area (Å²) in [4.78, 5) is 32.1. The van der Waals surface area contributed by atoms with E-state index in [1.807, 2.05) is 24.3 Å². The number of hydrogen-bond donors (Lipinski definition) is 0. The normalized spacial score (nSPS) is 25.4. The Bertz CT molecular complexity index is 742. The number of benzene rings is 1. The van der Waals surface area contributed by atoms with E-state index in [2.05, 4.69) is 16.8 Å². The van der Waals surface area contributed by atoms with Crippen LogP contribution in [0, 0.1) is 11.3 Å². The Morgan fingerprint density at radius 3 is 2.64 bits per heavy atom. The van der Waals surface area contributed by atoms with E-state index in [4.69, 9.17) is 4.74 Å². The zero-order valence-electron chi connectivity index (χ0n) is 17.0. The molecule has 152 valence electrons. The molecule has 6 heteroatoms. The van der Waals surface area contributed by atoms with E-state index in [1.165, 1.54) is 19.3 Å². The Morgan fingerprint density at radius 1 is 1.14 bits per heavy atom. The number of nitrogens with zero attached hydrogens (tertiary/aromatic N) is 3. The summed E-state index contributed by atoms with van der Waals surface area (Å²) in [6, 6.07) is 7.53. The minimum Gasteiger partial charge on any atom is -0.495 e. The highest BCUT2D eigenvalue weighted by Gasteiger charge is 2.43. The fourth-order valence-corrected chi connectivity index (χ4v) is 5.11. The number of ether oxygens (including phenoxy) is 1. The monoisotopic (exact) mass is 385 g/mol. The van der Waals surface area contributed by atoms with Crippen molar-refractivity contribution in [1.82, 2.24) is 9.80 Å². The number of hydrogen-bond acceptors (Lipinski definition) is 4. The largest absolute Gasteiger partial charge is 0.495 e. The first kappa shape index (κ1) is 19.2. The zero-order valence-corrected chi connectivity index (χ0v) is 17.0. The van der Waals surface area contributed by atoms with Crippen LogP contribution in [0.3, 0.4) is 0 Å². The number of carbonyl (C=O) groups excluding carboxylic acids is 2. The summed E-state index contributed by atoms with van der Waals surface area (Å²) in [6.07, 6.45) is 4.94. The molecule has 0 aliphatic carbocycles. The van der Waals surface area contributed by atoms with Crippen LogP contribution in [-0.2, 0) is 9.59 Å². The van der Waals surface area contributed by atoms with Gasteiger partial charge in [0.1, 0.15) is 5.75 Å². The first-order valence-electron chi connectivity index (χ1n) is 10.4.